The van der Waals surface area contributed by atoms with Gasteiger partial charge in [-0.25, -0.2) is 9.67 Å². The number of carbonyl (C=O) groups excluding carboxylic acids is 1. The average molecular weight is 348 g/mol. The quantitative estimate of drug-likeness (QED) is 0.922. The maximum Gasteiger partial charge on any atom is 0.293 e. The van der Waals surface area contributed by atoms with Crippen molar-refractivity contribution in [3.63, 3.8) is 0 Å². The highest BCUT2D eigenvalue weighted by atomic mass is 35.5. The summed E-state index contributed by atoms with van der Waals surface area (Å²) in [6, 6.07) is 7.50. The van der Waals surface area contributed by atoms with Gasteiger partial charge in [-0.3, -0.25) is 4.79 Å². The zero-order valence-electron chi connectivity index (χ0n) is 13.9. The SMILES string of the molecule is CC(C)c1nc(C(=O)N2CCCC2CN)nn1-c1ccccc1Cl. The smallest absolute Gasteiger partial charge is 0.293 e. The van der Waals surface area contributed by atoms with Crippen LogP contribution in [0.2, 0.25) is 5.02 Å². The monoisotopic (exact) mass is 347 g/mol. The Bertz CT molecular complexity index is 742. The second kappa shape index (κ2) is 6.91. The molecule has 1 amide bonds. The van der Waals surface area contributed by atoms with Crippen LogP contribution in [0.15, 0.2) is 24.3 Å². The fourth-order valence-corrected chi connectivity index (χ4v) is 3.28. The molecular formula is C17H22ClN5O. The molecular weight excluding hydrogens is 326 g/mol. The fourth-order valence-electron chi connectivity index (χ4n) is 3.07. The van der Waals surface area contributed by atoms with Crippen molar-refractivity contribution < 1.29 is 4.79 Å². The van der Waals surface area contributed by atoms with Gasteiger partial charge in [0.05, 0.1) is 10.7 Å². The Balaban J connectivity index is 2.01. The molecule has 6 nitrogen and oxygen atoms in total. The van der Waals surface area contributed by atoms with Crippen LogP contribution in [0.1, 0.15) is 49.1 Å². The van der Waals surface area contributed by atoms with Gasteiger partial charge in [0.25, 0.3) is 5.91 Å². The van der Waals surface area contributed by atoms with Crippen molar-refractivity contribution in [1.82, 2.24) is 19.7 Å². The summed E-state index contributed by atoms with van der Waals surface area (Å²) in [4.78, 5) is 19.1. The molecule has 3 rings (SSSR count). The van der Waals surface area contributed by atoms with E-state index in [1.165, 1.54) is 0 Å². The van der Waals surface area contributed by atoms with Gasteiger partial charge in [0, 0.05) is 25.0 Å². The molecule has 1 aromatic carbocycles. The predicted molar refractivity (Wildman–Crippen MR) is 93.6 cm³/mol. The molecule has 1 aromatic heterocycles. The summed E-state index contributed by atoms with van der Waals surface area (Å²) >= 11 is 6.30. The summed E-state index contributed by atoms with van der Waals surface area (Å²) in [6.45, 7) is 5.21. The number of para-hydroxylation sites is 1. The van der Waals surface area contributed by atoms with Gasteiger partial charge >= 0.3 is 0 Å². The lowest BCUT2D eigenvalue weighted by Gasteiger charge is -2.21. The topological polar surface area (TPSA) is 77.0 Å². The molecule has 0 bridgehead atoms. The molecule has 1 unspecified atom stereocenters. The minimum absolute atomic E-state index is 0.0762. The van der Waals surface area contributed by atoms with Crippen LogP contribution in [0.5, 0.6) is 0 Å². The third-order valence-corrected chi connectivity index (χ3v) is 4.65. The van der Waals surface area contributed by atoms with Crippen LogP contribution in [-0.2, 0) is 0 Å². The first-order valence-corrected chi connectivity index (χ1v) is 8.63. The number of likely N-dealkylation sites (tertiary alicyclic amines) is 1. The summed E-state index contributed by atoms with van der Waals surface area (Å²) in [5, 5.41) is 5.04. The number of nitrogens with two attached hydrogens (primary N) is 1. The zero-order valence-corrected chi connectivity index (χ0v) is 14.7. The van der Waals surface area contributed by atoms with Crippen LogP contribution in [0.3, 0.4) is 0 Å². The van der Waals surface area contributed by atoms with Crippen molar-refractivity contribution in [3.05, 3.63) is 40.9 Å². The summed E-state index contributed by atoms with van der Waals surface area (Å²) < 4.78 is 1.67. The van der Waals surface area contributed by atoms with Gasteiger partial charge < -0.3 is 10.6 Å². The third kappa shape index (κ3) is 3.03. The van der Waals surface area contributed by atoms with Crippen molar-refractivity contribution in [2.45, 2.75) is 38.6 Å². The number of hydrogen-bond donors (Lipinski definition) is 1. The Hall–Kier alpha value is -1.92. The molecule has 1 saturated heterocycles. The molecule has 0 saturated carbocycles. The molecule has 1 atom stereocenters. The van der Waals surface area contributed by atoms with Gasteiger partial charge in [0.1, 0.15) is 5.82 Å². The summed E-state index contributed by atoms with van der Waals surface area (Å²) in [5.41, 5.74) is 6.50. The largest absolute Gasteiger partial charge is 0.332 e. The Morgan fingerprint density at radius 1 is 1.42 bits per heavy atom. The average Bonchev–Trinajstić information content (AvgIpc) is 3.21. The van der Waals surface area contributed by atoms with Gasteiger partial charge in [0.15, 0.2) is 0 Å². The lowest BCUT2D eigenvalue weighted by atomic mass is 10.2. The van der Waals surface area contributed by atoms with Gasteiger partial charge in [-0.05, 0) is 25.0 Å². The van der Waals surface area contributed by atoms with Crippen LogP contribution in [0, 0.1) is 0 Å². The Labute approximate surface area is 146 Å². The molecule has 1 fully saturated rings. The van der Waals surface area contributed by atoms with E-state index in [1.54, 1.807) is 15.6 Å². The maximum atomic E-state index is 12.8. The second-order valence-corrected chi connectivity index (χ2v) is 6.75. The number of amides is 1. The first-order valence-electron chi connectivity index (χ1n) is 8.25. The number of nitrogens with zero attached hydrogens (tertiary/aromatic N) is 4. The van der Waals surface area contributed by atoms with E-state index in [2.05, 4.69) is 10.1 Å². The van der Waals surface area contributed by atoms with Crippen LogP contribution in [0.4, 0.5) is 0 Å². The summed E-state index contributed by atoms with van der Waals surface area (Å²) in [7, 11) is 0. The third-order valence-electron chi connectivity index (χ3n) is 4.33. The summed E-state index contributed by atoms with van der Waals surface area (Å²) in [5.74, 6) is 0.878. The van der Waals surface area contributed by atoms with Crippen LogP contribution < -0.4 is 5.73 Å². The number of carbonyl (C=O) groups is 1. The summed E-state index contributed by atoms with van der Waals surface area (Å²) in [6.07, 6.45) is 1.90. The second-order valence-electron chi connectivity index (χ2n) is 6.34. The van der Waals surface area contributed by atoms with Gasteiger partial charge in [-0.15, -0.1) is 5.10 Å². The van der Waals surface area contributed by atoms with E-state index in [4.69, 9.17) is 17.3 Å². The zero-order chi connectivity index (χ0) is 17.3. The van der Waals surface area contributed by atoms with Crippen LogP contribution >= 0.6 is 11.6 Å². The number of aromatic nitrogens is 3. The first kappa shape index (κ1) is 16.9. The molecule has 1 aliphatic rings. The van der Waals surface area contributed by atoms with E-state index in [0.717, 1.165) is 24.4 Å². The Morgan fingerprint density at radius 2 is 2.17 bits per heavy atom. The lowest BCUT2D eigenvalue weighted by molar-refractivity contribution is 0.0729. The van der Waals surface area contributed by atoms with Crippen molar-refractivity contribution in [1.29, 1.82) is 0 Å². The first-order chi connectivity index (χ1) is 11.5. The van der Waals surface area contributed by atoms with E-state index in [0.29, 0.717) is 18.1 Å². The van der Waals surface area contributed by atoms with Gasteiger partial charge in [-0.1, -0.05) is 37.6 Å². The van der Waals surface area contributed by atoms with Gasteiger partial charge in [0.2, 0.25) is 5.82 Å². The van der Waals surface area contributed by atoms with E-state index < -0.39 is 0 Å². The molecule has 24 heavy (non-hydrogen) atoms. The van der Waals surface area contributed by atoms with Crippen molar-refractivity contribution >= 4 is 17.5 Å². The molecule has 0 radical (unpaired) electrons. The number of halogens is 1. The predicted octanol–water partition coefficient (Wildman–Crippen LogP) is 2.61. The minimum atomic E-state index is -0.157. The minimum Gasteiger partial charge on any atom is -0.332 e. The molecule has 1 aliphatic heterocycles. The highest BCUT2D eigenvalue weighted by molar-refractivity contribution is 6.32. The van der Waals surface area contributed by atoms with Crippen molar-refractivity contribution in [2.75, 3.05) is 13.1 Å². The fraction of sp³-hybridized carbons (Fsp3) is 0.471. The number of benzene rings is 1. The van der Waals surface area contributed by atoms with Crippen molar-refractivity contribution in [3.8, 4) is 5.69 Å². The van der Waals surface area contributed by atoms with Crippen LogP contribution in [-0.4, -0.2) is 44.7 Å². The van der Waals surface area contributed by atoms with Gasteiger partial charge in [-0.2, -0.15) is 0 Å². The highest BCUT2D eigenvalue weighted by Crippen LogP contribution is 2.25. The molecule has 7 heteroatoms. The molecule has 2 aromatic rings. The van der Waals surface area contributed by atoms with Crippen LogP contribution in [0.25, 0.3) is 5.69 Å². The standard InChI is InChI=1S/C17H22ClN5O/c1-11(2)16-20-15(17(24)22-9-5-6-12(22)10-19)21-23(16)14-8-4-3-7-13(14)18/h3-4,7-8,11-12H,5-6,9-10,19H2,1-2H3. The maximum absolute atomic E-state index is 12.8. The van der Waals surface area contributed by atoms with E-state index >= 15 is 0 Å². The number of rotatable bonds is 4. The van der Waals surface area contributed by atoms with E-state index in [1.807, 2.05) is 32.0 Å². The Kier molecular flexibility index (Phi) is 4.87. The highest BCUT2D eigenvalue weighted by Gasteiger charge is 2.31. The molecule has 2 heterocycles. The molecule has 0 spiro atoms. The molecule has 0 aliphatic carbocycles. The lowest BCUT2D eigenvalue weighted by Crippen LogP contribution is -2.40. The normalized spacial score (nSPS) is 17.7. The van der Waals surface area contributed by atoms with Crippen molar-refractivity contribution in [2.24, 2.45) is 5.73 Å². The molecule has 128 valence electrons. The number of hydrogen-bond acceptors (Lipinski definition) is 4. The van der Waals surface area contributed by atoms with E-state index in [-0.39, 0.29) is 23.7 Å². The van der Waals surface area contributed by atoms with E-state index in [9.17, 15) is 4.79 Å². The Morgan fingerprint density at radius 3 is 2.83 bits per heavy atom. The molecule has 2 N–H and O–H groups in total.